The van der Waals surface area contributed by atoms with Gasteiger partial charge in [0.05, 0.1) is 17.4 Å². The molecular weight excluding hydrogens is 416 g/mol. The van der Waals surface area contributed by atoms with Crippen LogP contribution in [0.2, 0.25) is 0 Å². The summed E-state index contributed by atoms with van der Waals surface area (Å²) in [6, 6.07) is 15.1. The fraction of sp³-hybridized carbons (Fsp3) is 0.304. The first-order valence-corrected chi connectivity index (χ1v) is 11.9. The lowest BCUT2D eigenvalue weighted by atomic mass is 10.1. The number of ether oxygens (including phenoxy) is 1. The largest absolute Gasteiger partial charge is 0.452 e. The summed E-state index contributed by atoms with van der Waals surface area (Å²) in [4.78, 5) is 27.0. The first-order chi connectivity index (χ1) is 14.9. The number of hydrogen-bond donors (Lipinski definition) is 1. The van der Waals surface area contributed by atoms with Gasteiger partial charge in [-0.25, -0.2) is 13.2 Å². The fourth-order valence-corrected chi connectivity index (χ4v) is 4.59. The Morgan fingerprint density at radius 1 is 1.10 bits per heavy atom. The third-order valence-corrected chi connectivity index (χ3v) is 6.24. The summed E-state index contributed by atoms with van der Waals surface area (Å²) in [7, 11) is -3.36. The van der Waals surface area contributed by atoms with Crippen molar-refractivity contribution in [2.45, 2.75) is 25.8 Å². The van der Waals surface area contributed by atoms with Crippen molar-refractivity contribution in [2.24, 2.45) is 0 Å². The number of nitrogens with zero attached hydrogens (tertiary/aromatic N) is 1. The second kappa shape index (κ2) is 10.3. The van der Waals surface area contributed by atoms with Crippen LogP contribution in [0.25, 0.3) is 0 Å². The average molecular weight is 443 g/mol. The van der Waals surface area contributed by atoms with Crippen LogP contribution in [-0.4, -0.2) is 45.2 Å². The summed E-state index contributed by atoms with van der Waals surface area (Å²) in [5.74, 6) is -1.32. The number of sulfone groups is 1. The smallest absolute Gasteiger partial charge is 0.340 e. The maximum atomic E-state index is 13.0. The third-order valence-electron chi connectivity index (χ3n) is 4.87. The number of carbonyl (C=O) groups is 2. The molecule has 1 N–H and O–H groups in total. The second-order valence-electron chi connectivity index (χ2n) is 7.23. The van der Waals surface area contributed by atoms with Crippen LogP contribution in [0.15, 0.2) is 66.1 Å². The number of rotatable bonds is 9. The summed E-state index contributed by atoms with van der Waals surface area (Å²) in [5.41, 5.74) is 1.54. The molecular formula is C23H26N2O5S. The van der Waals surface area contributed by atoms with Crippen LogP contribution < -0.4 is 10.2 Å². The molecule has 0 radical (unpaired) electrons. The van der Waals surface area contributed by atoms with E-state index in [0.717, 1.165) is 24.8 Å². The SMILES string of the molecule is CCCCNc1ccccc1C(=O)OCC(=O)N(c1ccccc1)[C@H]1C=CS(=O)(=O)C1. The van der Waals surface area contributed by atoms with E-state index < -0.39 is 34.4 Å². The number of nitrogens with one attached hydrogen (secondary N) is 1. The number of amides is 1. The Morgan fingerprint density at radius 2 is 1.81 bits per heavy atom. The highest BCUT2D eigenvalue weighted by molar-refractivity contribution is 7.94. The van der Waals surface area contributed by atoms with Crippen LogP contribution in [-0.2, 0) is 19.4 Å². The molecule has 1 atom stereocenters. The Hall–Kier alpha value is -3.13. The molecule has 7 nitrogen and oxygen atoms in total. The summed E-state index contributed by atoms with van der Waals surface area (Å²) >= 11 is 0. The highest BCUT2D eigenvalue weighted by Crippen LogP contribution is 2.23. The van der Waals surface area contributed by atoms with Crippen molar-refractivity contribution in [3.63, 3.8) is 0 Å². The van der Waals surface area contributed by atoms with Crippen molar-refractivity contribution in [1.82, 2.24) is 0 Å². The third kappa shape index (κ3) is 5.95. The van der Waals surface area contributed by atoms with Gasteiger partial charge in [-0.2, -0.15) is 0 Å². The van der Waals surface area contributed by atoms with Gasteiger partial charge >= 0.3 is 5.97 Å². The standard InChI is InChI=1S/C23H26N2O5S/c1-2-3-14-24-21-12-8-7-11-20(21)23(27)30-16-22(26)25(18-9-5-4-6-10-18)19-13-15-31(28,29)17-19/h4-13,15,19,24H,2-3,14,16-17H2,1H3/t19-/m0/s1. The molecule has 0 spiro atoms. The minimum atomic E-state index is -3.36. The van der Waals surface area contributed by atoms with E-state index in [4.69, 9.17) is 4.74 Å². The molecule has 1 aliphatic rings. The average Bonchev–Trinajstić information content (AvgIpc) is 3.12. The molecule has 0 unspecified atom stereocenters. The Kier molecular flexibility index (Phi) is 7.46. The Bertz CT molecular complexity index is 1050. The van der Waals surface area contributed by atoms with Gasteiger partial charge in [0.25, 0.3) is 5.91 Å². The van der Waals surface area contributed by atoms with Crippen LogP contribution in [0, 0.1) is 0 Å². The van der Waals surface area contributed by atoms with Crippen molar-refractivity contribution >= 4 is 33.1 Å². The van der Waals surface area contributed by atoms with Crippen LogP contribution >= 0.6 is 0 Å². The normalized spacial score (nSPS) is 16.6. The van der Waals surface area contributed by atoms with Gasteiger partial charge < -0.3 is 15.0 Å². The van der Waals surface area contributed by atoms with Crippen molar-refractivity contribution in [3.8, 4) is 0 Å². The Balaban J connectivity index is 1.72. The van der Waals surface area contributed by atoms with E-state index >= 15 is 0 Å². The quantitative estimate of drug-likeness (QED) is 0.473. The van der Waals surface area contributed by atoms with Gasteiger partial charge in [-0.3, -0.25) is 4.79 Å². The molecule has 1 aliphatic heterocycles. The lowest BCUT2D eigenvalue weighted by Gasteiger charge is -2.27. The van der Waals surface area contributed by atoms with Crippen molar-refractivity contribution in [1.29, 1.82) is 0 Å². The van der Waals surface area contributed by atoms with E-state index in [2.05, 4.69) is 12.2 Å². The molecule has 0 saturated carbocycles. The molecule has 2 aromatic carbocycles. The van der Waals surface area contributed by atoms with Crippen molar-refractivity contribution < 1.29 is 22.7 Å². The predicted octanol–water partition coefficient (Wildman–Crippen LogP) is 3.40. The molecule has 0 aliphatic carbocycles. The maximum absolute atomic E-state index is 13.0. The Labute approximate surface area is 182 Å². The van der Waals surface area contributed by atoms with Gasteiger partial charge in [0.15, 0.2) is 16.4 Å². The predicted molar refractivity (Wildman–Crippen MR) is 121 cm³/mol. The summed E-state index contributed by atoms with van der Waals surface area (Å²) in [6.07, 6.45) is 3.47. The van der Waals surface area contributed by atoms with Crippen LogP contribution in [0.1, 0.15) is 30.1 Å². The molecule has 1 amide bonds. The molecule has 31 heavy (non-hydrogen) atoms. The zero-order valence-corrected chi connectivity index (χ0v) is 18.2. The van der Waals surface area contributed by atoms with Crippen molar-refractivity contribution in [3.05, 3.63) is 71.6 Å². The molecule has 0 saturated heterocycles. The van der Waals surface area contributed by atoms with Crippen LogP contribution in [0.5, 0.6) is 0 Å². The molecule has 0 aromatic heterocycles. The van der Waals surface area contributed by atoms with Crippen molar-refractivity contribution in [2.75, 3.05) is 29.1 Å². The van der Waals surface area contributed by atoms with Gasteiger partial charge in [-0.15, -0.1) is 0 Å². The maximum Gasteiger partial charge on any atom is 0.340 e. The van der Waals surface area contributed by atoms with Gasteiger partial charge in [-0.05, 0) is 36.8 Å². The number of hydrogen-bond acceptors (Lipinski definition) is 6. The number of para-hydroxylation sites is 2. The lowest BCUT2D eigenvalue weighted by Crippen LogP contribution is -2.43. The van der Waals surface area contributed by atoms with Crippen LogP contribution in [0.4, 0.5) is 11.4 Å². The highest BCUT2D eigenvalue weighted by Gasteiger charge is 2.32. The number of benzene rings is 2. The van der Waals surface area contributed by atoms with Gasteiger partial charge in [0, 0.05) is 23.3 Å². The molecule has 0 fully saturated rings. The van der Waals surface area contributed by atoms with E-state index in [1.54, 1.807) is 48.5 Å². The van der Waals surface area contributed by atoms with E-state index in [1.165, 1.54) is 11.0 Å². The molecule has 3 rings (SSSR count). The van der Waals surface area contributed by atoms with E-state index in [-0.39, 0.29) is 5.75 Å². The fourth-order valence-electron chi connectivity index (χ4n) is 3.32. The monoisotopic (exact) mass is 442 g/mol. The first kappa shape index (κ1) is 22.6. The van der Waals surface area contributed by atoms with E-state index in [0.29, 0.717) is 16.9 Å². The van der Waals surface area contributed by atoms with E-state index in [1.807, 2.05) is 6.07 Å². The minimum Gasteiger partial charge on any atom is -0.452 e. The number of carbonyl (C=O) groups excluding carboxylic acids is 2. The molecule has 0 bridgehead atoms. The molecule has 2 aromatic rings. The topological polar surface area (TPSA) is 92.8 Å². The van der Waals surface area contributed by atoms with Gasteiger partial charge in [0.2, 0.25) is 0 Å². The lowest BCUT2D eigenvalue weighted by molar-refractivity contribution is -0.121. The minimum absolute atomic E-state index is 0.203. The molecule has 1 heterocycles. The number of esters is 1. The first-order valence-electron chi connectivity index (χ1n) is 10.2. The summed E-state index contributed by atoms with van der Waals surface area (Å²) < 4.78 is 29.1. The number of anilines is 2. The number of unbranched alkanes of at least 4 members (excludes halogenated alkanes) is 1. The summed E-state index contributed by atoms with van der Waals surface area (Å²) in [5, 5.41) is 4.33. The summed E-state index contributed by atoms with van der Waals surface area (Å²) in [6.45, 7) is 2.31. The van der Waals surface area contributed by atoms with Gasteiger partial charge in [0.1, 0.15) is 0 Å². The Morgan fingerprint density at radius 3 is 2.48 bits per heavy atom. The zero-order chi connectivity index (χ0) is 22.3. The zero-order valence-electron chi connectivity index (χ0n) is 17.4. The van der Waals surface area contributed by atoms with E-state index in [9.17, 15) is 18.0 Å². The molecule has 8 heteroatoms. The second-order valence-corrected chi connectivity index (χ2v) is 9.16. The molecule has 164 valence electrons. The highest BCUT2D eigenvalue weighted by atomic mass is 32.2. The van der Waals surface area contributed by atoms with Gasteiger partial charge in [-0.1, -0.05) is 43.7 Å². The van der Waals surface area contributed by atoms with Crippen LogP contribution in [0.3, 0.4) is 0 Å².